The van der Waals surface area contributed by atoms with E-state index in [1.807, 2.05) is 24.3 Å². The molecule has 134 valence electrons. The van der Waals surface area contributed by atoms with Crippen molar-refractivity contribution >= 4 is 16.9 Å². The van der Waals surface area contributed by atoms with Crippen LogP contribution >= 0.6 is 0 Å². The van der Waals surface area contributed by atoms with Crippen LogP contribution in [0.4, 0.5) is 0 Å². The van der Waals surface area contributed by atoms with E-state index in [1.165, 1.54) is 7.11 Å². The number of carbonyl (C=O) groups is 1. The number of amides is 1. The van der Waals surface area contributed by atoms with E-state index in [9.17, 15) is 4.79 Å². The van der Waals surface area contributed by atoms with Crippen LogP contribution in [0.5, 0.6) is 11.8 Å². The summed E-state index contributed by atoms with van der Waals surface area (Å²) in [6, 6.07) is 7.53. The van der Waals surface area contributed by atoms with Gasteiger partial charge in [-0.05, 0) is 12.1 Å². The molecule has 8 nitrogen and oxygen atoms in total. The van der Waals surface area contributed by atoms with Gasteiger partial charge in [-0.25, -0.2) is 9.97 Å². The van der Waals surface area contributed by atoms with Crippen LogP contribution in [0.3, 0.4) is 0 Å². The largest absolute Gasteiger partial charge is 0.477 e. The second kappa shape index (κ2) is 6.99. The van der Waals surface area contributed by atoms with Gasteiger partial charge >= 0.3 is 0 Å². The van der Waals surface area contributed by atoms with Crippen molar-refractivity contribution in [2.75, 3.05) is 20.2 Å². The number of rotatable bonds is 5. The van der Waals surface area contributed by atoms with Crippen LogP contribution in [0.1, 0.15) is 12.1 Å². The molecule has 3 heterocycles. The maximum atomic E-state index is 12.6. The lowest BCUT2D eigenvalue weighted by molar-refractivity contribution is -0.129. The van der Waals surface area contributed by atoms with Gasteiger partial charge < -0.3 is 18.9 Å². The first-order valence-corrected chi connectivity index (χ1v) is 8.37. The van der Waals surface area contributed by atoms with E-state index in [0.717, 1.165) is 11.8 Å². The van der Waals surface area contributed by atoms with Crippen molar-refractivity contribution in [1.82, 2.24) is 20.0 Å². The lowest BCUT2D eigenvalue weighted by atomic mass is 10.1. The number of hydrogen-bond donors (Lipinski definition) is 0. The van der Waals surface area contributed by atoms with Crippen molar-refractivity contribution in [2.24, 2.45) is 0 Å². The molecule has 3 aromatic rings. The van der Waals surface area contributed by atoms with Crippen molar-refractivity contribution < 1.29 is 18.8 Å². The Balaban J connectivity index is 1.39. The lowest BCUT2D eigenvalue weighted by Crippen LogP contribution is -2.32. The van der Waals surface area contributed by atoms with Gasteiger partial charge in [0.25, 0.3) is 11.8 Å². The van der Waals surface area contributed by atoms with E-state index in [2.05, 4.69) is 15.1 Å². The molecule has 1 aliphatic heterocycles. The predicted molar refractivity (Wildman–Crippen MR) is 91.9 cm³/mol. The number of carbonyl (C=O) groups excluding carboxylic acids is 1. The molecule has 1 aliphatic rings. The molecule has 4 rings (SSSR count). The summed E-state index contributed by atoms with van der Waals surface area (Å²) in [6.07, 6.45) is 3.88. The Hall–Kier alpha value is -3.16. The number of likely N-dealkylation sites (tertiary alicyclic amines) is 1. The summed E-state index contributed by atoms with van der Waals surface area (Å²) in [5.41, 5.74) is 1.35. The Kier molecular flexibility index (Phi) is 4.39. The first-order valence-electron chi connectivity index (χ1n) is 8.37. The summed E-state index contributed by atoms with van der Waals surface area (Å²) >= 11 is 0. The minimum Gasteiger partial charge on any atom is -0.477 e. The number of aromatic nitrogens is 3. The molecule has 0 bridgehead atoms. The Labute approximate surface area is 149 Å². The summed E-state index contributed by atoms with van der Waals surface area (Å²) in [5.74, 6) is 0.685. The average molecular weight is 354 g/mol. The van der Waals surface area contributed by atoms with Gasteiger partial charge in [-0.15, -0.1) is 0 Å². The van der Waals surface area contributed by atoms with Crippen LogP contribution in [0.25, 0.3) is 11.0 Å². The highest BCUT2D eigenvalue weighted by Crippen LogP contribution is 2.24. The quantitative estimate of drug-likeness (QED) is 0.690. The normalized spacial score (nSPS) is 16.8. The molecular formula is C18H18N4O4. The molecule has 1 aromatic carbocycles. The minimum atomic E-state index is -0.140. The molecule has 0 aliphatic carbocycles. The van der Waals surface area contributed by atoms with Crippen molar-refractivity contribution in [3.8, 4) is 11.8 Å². The zero-order valence-electron chi connectivity index (χ0n) is 14.3. The third-order valence-corrected chi connectivity index (χ3v) is 4.37. The second-order valence-corrected chi connectivity index (χ2v) is 6.04. The second-order valence-electron chi connectivity index (χ2n) is 6.04. The van der Waals surface area contributed by atoms with Crippen molar-refractivity contribution in [2.45, 2.75) is 18.9 Å². The summed E-state index contributed by atoms with van der Waals surface area (Å²) in [5, 5.41) is 4.90. The van der Waals surface area contributed by atoms with Crippen LogP contribution < -0.4 is 9.47 Å². The summed E-state index contributed by atoms with van der Waals surface area (Å²) < 4.78 is 16.3. The Bertz CT molecular complexity index is 926. The maximum Gasteiger partial charge on any atom is 0.278 e. The molecule has 0 saturated carbocycles. The SMILES string of the molecule is COc1nccnc1OC1CCN(C(=O)Cc2noc3ccccc23)C1. The summed E-state index contributed by atoms with van der Waals surface area (Å²) in [7, 11) is 1.52. The van der Waals surface area contributed by atoms with E-state index in [1.54, 1.807) is 17.3 Å². The Morgan fingerprint density at radius 3 is 2.92 bits per heavy atom. The first kappa shape index (κ1) is 16.3. The van der Waals surface area contributed by atoms with Gasteiger partial charge in [-0.1, -0.05) is 17.3 Å². The van der Waals surface area contributed by atoms with Gasteiger partial charge in [0, 0.05) is 30.7 Å². The third-order valence-electron chi connectivity index (χ3n) is 4.37. The van der Waals surface area contributed by atoms with Gasteiger partial charge in [-0.2, -0.15) is 0 Å². The number of methoxy groups -OCH3 is 1. The molecule has 0 spiro atoms. The number of para-hydroxylation sites is 1. The van der Waals surface area contributed by atoms with Crippen LogP contribution in [-0.4, -0.2) is 52.2 Å². The lowest BCUT2D eigenvalue weighted by Gasteiger charge is -2.17. The number of fused-ring (bicyclic) bond motifs is 1. The van der Waals surface area contributed by atoms with E-state index >= 15 is 0 Å². The Morgan fingerprint density at radius 1 is 1.27 bits per heavy atom. The fraction of sp³-hybridized carbons (Fsp3) is 0.333. The van der Waals surface area contributed by atoms with E-state index in [4.69, 9.17) is 14.0 Å². The molecule has 1 unspecified atom stereocenters. The smallest absolute Gasteiger partial charge is 0.278 e. The standard InChI is InChI=1S/C18H18N4O4/c1-24-17-18(20-8-7-19-17)25-12-6-9-22(11-12)16(23)10-14-13-4-2-3-5-15(13)26-21-14/h2-5,7-8,12H,6,9-11H2,1H3. The molecule has 26 heavy (non-hydrogen) atoms. The highest BCUT2D eigenvalue weighted by molar-refractivity contribution is 5.86. The molecule has 8 heteroatoms. The zero-order valence-corrected chi connectivity index (χ0v) is 14.3. The van der Waals surface area contributed by atoms with Crippen molar-refractivity contribution in [3.63, 3.8) is 0 Å². The monoisotopic (exact) mass is 354 g/mol. The van der Waals surface area contributed by atoms with Crippen LogP contribution in [0.2, 0.25) is 0 Å². The van der Waals surface area contributed by atoms with E-state index in [-0.39, 0.29) is 18.4 Å². The first-order chi connectivity index (χ1) is 12.7. The predicted octanol–water partition coefficient (Wildman–Crippen LogP) is 1.85. The number of benzene rings is 1. The Morgan fingerprint density at radius 2 is 2.08 bits per heavy atom. The number of ether oxygens (including phenoxy) is 2. The van der Waals surface area contributed by atoms with Gasteiger partial charge in [0.1, 0.15) is 11.8 Å². The fourth-order valence-corrected chi connectivity index (χ4v) is 3.06. The average Bonchev–Trinajstić information content (AvgIpc) is 3.30. The molecule has 1 saturated heterocycles. The molecule has 0 N–H and O–H groups in total. The van der Waals surface area contributed by atoms with Gasteiger partial charge in [0.05, 0.1) is 20.1 Å². The highest BCUT2D eigenvalue weighted by Gasteiger charge is 2.29. The van der Waals surface area contributed by atoms with Crippen LogP contribution in [-0.2, 0) is 11.2 Å². The number of hydrogen-bond acceptors (Lipinski definition) is 7. The van der Waals surface area contributed by atoms with Crippen molar-refractivity contribution in [3.05, 3.63) is 42.4 Å². The molecule has 1 amide bonds. The van der Waals surface area contributed by atoms with Gasteiger partial charge in [0.2, 0.25) is 5.91 Å². The highest BCUT2D eigenvalue weighted by atomic mass is 16.5. The zero-order chi connectivity index (χ0) is 17.9. The topological polar surface area (TPSA) is 90.6 Å². The summed E-state index contributed by atoms with van der Waals surface area (Å²) in [6.45, 7) is 1.12. The molecule has 0 radical (unpaired) electrons. The van der Waals surface area contributed by atoms with Crippen molar-refractivity contribution in [1.29, 1.82) is 0 Å². The van der Waals surface area contributed by atoms with Crippen LogP contribution in [0, 0.1) is 0 Å². The van der Waals surface area contributed by atoms with Gasteiger partial charge in [-0.3, -0.25) is 4.79 Å². The van der Waals surface area contributed by atoms with Gasteiger partial charge in [0.15, 0.2) is 5.58 Å². The van der Waals surface area contributed by atoms with E-state index in [0.29, 0.717) is 36.1 Å². The molecular weight excluding hydrogens is 336 g/mol. The molecule has 1 atom stereocenters. The maximum absolute atomic E-state index is 12.6. The summed E-state index contributed by atoms with van der Waals surface area (Å²) in [4.78, 5) is 22.6. The number of nitrogens with zero attached hydrogens (tertiary/aromatic N) is 4. The van der Waals surface area contributed by atoms with Crippen LogP contribution in [0.15, 0.2) is 41.2 Å². The van der Waals surface area contributed by atoms with E-state index < -0.39 is 0 Å². The minimum absolute atomic E-state index is 0.00117. The molecule has 1 fully saturated rings. The fourth-order valence-electron chi connectivity index (χ4n) is 3.06. The molecule has 2 aromatic heterocycles. The third kappa shape index (κ3) is 3.17.